The number of hydrogen-bond acceptors (Lipinski definition) is 6. The Morgan fingerprint density at radius 1 is 1.26 bits per heavy atom. The van der Waals surface area contributed by atoms with E-state index in [1.165, 1.54) is 23.1 Å². The van der Waals surface area contributed by atoms with E-state index in [2.05, 4.69) is 20.5 Å². The number of tetrazole rings is 1. The molecule has 0 bridgehead atoms. The van der Waals surface area contributed by atoms with Crippen LogP contribution in [0.1, 0.15) is 5.56 Å². The summed E-state index contributed by atoms with van der Waals surface area (Å²) in [5.74, 6) is 0. The fourth-order valence-electron chi connectivity index (χ4n) is 1.49. The first-order valence-electron chi connectivity index (χ1n) is 5.40. The highest BCUT2D eigenvalue weighted by Crippen LogP contribution is 2.31. The smallest absolute Gasteiger partial charge is 0.216 e. The van der Waals surface area contributed by atoms with Crippen LogP contribution in [0.25, 0.3) is 0 Å². The van der Waals surface area contributed by atoms with E-state index < -0.39 is 0 Å². The van der Waals surface area contributed by atoms with Crippen molar-refractivity contribution in [3.8, 4) is 0 Å². The van der Waals surface area contributed by atoms with Gasteiger partial charge in [0, 0.05) is 0 Å². The van der Waals surface area contributed by atoms with Gasteiger partial charge in [-0.15, -0.1) is 5.10 Å². The molecule has 0 fully saturated rings. The molecule has 1 aromatic carbocycles. The van der Waals surface area contributed by atoms with Crippen LogP contribution in [0.5, 0.6) is 0 Å². The van der Waals surface area contributed by atoms with Crippen molar-refractivity contribution in [1.29, 1.82) is 0 Å². The summed E-state index contributed by atoms with van der Waals surface area (Å²) < 4.78 is 3.23. The van der Waals surface area contributed by atoms with Gasteiger partial charge in [0.05, 0.1) is 12.7 Å². The highest BCUT2D eigenvalue weighted by molar-refractivity contribution is 8.00. The predicted molar refractivity (Wildman–Crippen MR) is 74.6 cm³/mol. The minimum absolute atomic E-state index is 0.634. The van der Waals surface area contributed by atoms with Crippen LogP contribution in [0.4, 0.5) is 0 Å². The SMILES string of the molecule is Clc1cnc(Sc2nnnn2Cc2ccccc2)s1. The first kappa shape index (κ1) is 12.6. The molecule has 96 valence electrons. The zero-order chi connectivity index (χ0) is 13.1. The van der Waals surface area contributed by atoms with Crippen molar-refractivity contribution in [3.63, 3.8) is 0 Å². The molecule has 2 aromatic heterocycles. The van der Waals surface area contributed by atoms with E-state index in [1.54, 1.807) is 10.9 Å². The maximum Gasteiger partial charge on any atom is 0.216 e. The van der Waals surface area contributed by atoms with Gasteiger partial charge in [-0.3, -0.25) is 0 Å². The third kappa shape index (κ3) is 3.12. The summed E-state index contributed by atoms with van der Waals surface area (Å²) in [6.07, 6.45) is 1.62. The molecule has 3 rings (SSSR count). The molecule has 0 saturated carbocycles. The second-order valence-electron chi connectivity index (χ2n) is 3.64. The minimum Gasteiger partial charge on any atom is -0.236 e. The minimum atomic E-state index is 0.634. The third-order valence-corrected chi connectivity index (χ3v) is 4.47. The van der Waals surface area contributed by atoms with Crippen LogP contribution in [-0.4, -0.2) is 25.2 Å². The average Bonchev–Trinajstić information content (AvgIpc) is 3.01. The molecule has 0 saturated heterocycles. The van der Waals surface area contributed by atoms with Crippen molar-refractivity contribution in [2.75, 3.05) is 0 Å². The van der Waals surface area contributed by atoms with Gasteiger partial charge < -0.3 is 0 Å². The molecule has 8 heteroatoms. The summed E-state index contributed by atoms with van der Waals surface area (Å²) in [7, 11) is 0. The maximum absolute atomic E-state index is 5.85. The topological polar surface area (TPSA) is 56.5 Å². The molecule has 0 aliphatic carbocycles. The predicted octanol–water partition coefficient (Wildman–Crippen LogP) is 2.98. The van der Waals surface area contributed by atoms with E-state index in [9.17, 15) is 0 Å². The Morgan fingerprint density at radius 2 is 2.11 bits per heavy atom. The molecule has 0 spiro atoms. The van der Waals surface area contributed by atoms with Crippen molar-refractivity contribution < 1.29 is 0 Å². The maximum atomic E-state index is 5.85. The van der Waals surface area contributed by atoms with Gasteiger partial charge in [0.1, 0.15) is 4.34 Å². The number of aromatic nitrogens is 5. The zero-order valence-electron chi connectivity index (χ0n) is 9.60. The van der Waals surface area contributed by atoms with Crippen LogP contribution < -0.4 is 0 Å². The van der Waals surface area contributed by atoms with Crippen molar-refractivity contribution >= 4 is 34.7 Å². The Kier molecular flexibility index (Phi) is 3.77. The second-order valence-corrected chi connectivity index (χ2v) is 6.51. The highest BCUT2D eigenvalue weighted by atomic mass is 35.5. The number of hydrogen-bond donors (Lipinski definition) is 0. The Labute approximate surface area is 122 Å². The Morgan fingerprint density at radius 3 is 2.84 bits per heavy atom. The van der Waals surface area contributed by atoms with Crippen molar-refractivity contribution in [1.82, 2.24) is 25.2 Å². The van der Waals surface area contributed by atoms with Crippen molar-refractivity contribution in [2.24, 2.45) is 0 Å². The Hall–Kier alpha value is -1.44. The summed E-state index contributed by atoms with van der Waals surface area (Å²) in [4.78, 5) is 4.18. The molecule has 0 aliphatic heterocycles. The molecule has 2 heterocycles. The summed E-state index contributed by atoms with van der Waals surface area (Å²) in [5.41, 5.74) is 1.15. The lowest BCUT2D eigenvalue weighted by Gasteiger charge is -2.02. The van der Waals surface area contributed by atoms with Crippen LogP contribution >= 0.6 is 34.7 Å². The van der Waals surface area contributed by atoms with Gasteiger partial charge >= 0.3 is 0 Å². The molecular formula is C11H8ClN5S2. The van der Waals surface area contributed by atoms with E-state index in [0.29, 0.717) is 16.0 Å². The van der Waals surface area contributed by atoms with Gasteiger partial charge in [0.15, 0.2) is 4.34 Å². The van der Waals surface area contributed by atoms with Gasteiger partial charge in [-0.25, -0.2) is 9.67 Å². The van der Waals surface area contributed by atoms with Gasteiger partial charge in [0.2, 0.25) is 5.16 Å². The number of thiazole rings is 1. The van der Waals surface area contributed by atoms with E-state index in [1.807, 2.05) is 30.3 Å². The lowest BCUT2D eigenvalue weighted by molar-refractivity contribution is 0.603. The van der Waals surface area contributed by atoms with Gasteiger partial charge in [-0.2, -0.15) is 0 Å². The quantitative estimate of drug-likeness (QED) is 0.741. The molecule has 0 N–H and O–H groups in total. The molecule has 0 unspecified atom stereocenters. The van der Waals surface area contributed by atoms with Crippen LogP contribution in [0.3, 0.4) is 0 Å². The number of rotatable bonds is 4. The summed E-state index contributed by atoms with van der Waals surface area (Å²) in [5, 5.41) is 12.4. The van der Waals surface area contributed by atoms with Crippen molar-refractivity contribution in [2.45, 2.75) is 16.0 Å². The standard InChI is InChI=1S/C11H8ClN5S2/c12-9-6-13-11(18-9)19-10-14-15-16-17(10)7-8-4-2-1-3-5-8/h1-6H,7H2. The monoisotopic (exact) mass is 309 g/mol. The third-order valence-electron chi connectivity index (χ3n) is 2.31. The lowest BCUT2D eigenvalue weighted by Crippen LogP contribution is -2.03. The molecule has 19 heavy (non-hydrogen) atoms. The van der Waals surface area contributed by atoms with E-state index >= 15 is 0 Å². The molecule has 0 amide bonds. The molecule has 3 aromatic rings. The fraction of sp³-hybridized carbons (Fsp3) is 0.0909. The molecule has 5 nitrogen and oxygen atoms in total. The normalized spacial score (nSPS) is 10.8. The van der Waals surface area contributed by atoms with Crippen LogP contribution in [-0.2, 0) is 6.54 Å². The van der Waals surface area contributed by atoms with E-state index in [0.717, 1.165) is 9.90 Å². The van der Waals surface area contributed by atoms with E-state index in [4.69, 9.17) is 11.6 Å². The van der Waals surface area contributed by atoms with Gasteiger partial charge in [-0.1, -0.05) is 53.3 Å². The summed E-state index contributed by atoms with van der Waals surface area (Å²) in [6, 6.07) is 10.0. The molecular weight excluding hydrogens is 302 g/mol. The van der Waals surface area contributed by atoms with Gasteiger partial charge in [0.25, 0.3) is 0 Å². The lowest BCUT2D eigenvalue weighted by atomic mass is 10.2. The number of nitrogens with zero attached hydrogens (tertiary/aromatic N) is 5. The first-order chi connectivity index (χ1) is 9.31. The zero-order valence-corrected chi connectivity index (χ0v) is 12.0. The first-order valence-corrected chi connectivity index (χ1v) is 7.41. The second kappa shape index (κ2) is 5.68. The molecule has 0 atom stereocenters. The summed E-state index contributed by atoms with van der Waals surface area (Å²) >= 11 is 8.67. The van der Waals surface area contributed by atoms with Crippen LogP contribution in [0, 0.1) is 0 Å². The van der Waals surface area contributed by atoms with Crippen LogP contribution in [0.15, 0.2) is 46.0 Å². The average molecular weight is 310 g/mol. The molecule has 0 radical (unpaired) electrons. The van der Waals surface area contributed by atoms with Crippen molar-refractivity contribution in [3.05, 3.63) is 46.4 Å². The van der Waals surface area contributed by atoms with Gasteiger partial charge in [-0.05, 0) is 27.8 Å². The Bertz CT molecular complexity index is 667. The fourth-order valence-corrected chi connectivity index (χ4v) is 3.48. The number of benzene rings is 1. The Balaban J connectivity index is 1.79. The summed E-state index contributed by atoms with van der Waals surface area (Å²) in [6.45, 7) is 0.634. The number of halogens is 1. The molecule has 0 aliphatic rings. The van der Waals surface area contributed by atoms with E-state index in [-0.39, 0.29) is 0 Å². The van der Waals surface area contributed by atoms with Crippen LogP contribution in [0.2, 0.25) is 4.34 Å². The highest BCUT2D eigenvalue weighted by Gasteiger charge is 2.11. The largest absolute Gasteiger partial charge is 0.236 e.